The summed E-state index contributed by atoms with van der Waals surface area (Å²) in [6.45, 7) is 0.836. The summed E-state index contributed by atoms with van der Waals surface area (Å²) < 4.78 is 26.6. The first kappa shape index (κ1) is 22.9. The highest BCUT2D eigenvalue weighted by Crippen LogP contribution is 2.20. The van der Waals surface area contributed by atoms with E-state index in [0.717, 1.165) is 0 Å². The number of benzene rings is 1. The number of amides is 1. The van der Waals surface area contributed by atoms with Gasteiger partial charge in [0.1, 0.15) is 24.1 Å². The highest BCUT2D eigenvalue weighted by Gasteiger charge is 2.23. The molecule has 1 atom stereocenters. The molecule has 3 N–H and O–H groups in total. The number of halogens is 2. The van der Waals surface area contributed by atoms with Gasteiger partial charge in [0.15, 0.2) is 11.3 Å². The second-order valence-electron chi connectivity index (χ2n) is 6.11. The molecule has 1 aliphatic rings. The zero-order valence-electron chi connectivity index (χ0n) is 16.5. The van der Waals surface area contributed by atoms with Gasteiger partial charge in [-0.2, -0.15) is 0 Å². The molecule has 0 aliphatic carbocycles. The van der Waals surface area contributed by atoms with Crippen molar-refractivity contribution in [2.24, 2.45) is 5.73 Å². The van der Waals surface area contributed by atoms with Gasteiger partial charge in [0, 0.05) is 6.54 Å². The van der Waals surface area contributed by atoms with Gasteiger partial charge in [0.05, 0.1) is 19.3 Å². The van der Waals surface area contributed by atoms with Crippen LogP contribution in [0, 0.1) is 5.82 Å². The van der Waals surface area contributed by atoms with Crippen molar-refractivity contribution in [3.05, 3.63) is 60.2 Å². The molecule has 0 bridgehead atoms. The number of aromatic nitrogens is 3. The maximum Gasteiger partial charge on any atom is 0.271 e. The molecular formula is C20H24F2N6O2. The fourth-order valence-electron chi connectivity index (χ4n) is 2.75. The number of fused-ring (bicyclic) bond motifs is 1. The molecule has 1 fully saturated rings. The molecule has 1 aliphatic heterocycles. The Morgan fingerprint density at radius 2 is 2.00 bits per heavy atom. The largest absolute Gasteiger partial charge is 0.352 e. The predicted molar refractivity (Wildman–Crippen MR) is 110 cm³/mol. The summed E-state index contributed by atoms with van der Waals surface area (Å²) in [5, 5.41) is 6.79. The number of anilines is 1. The topological polar surface area (TPSA) is 106 Å². The minimum absolute atomic E-state index is 0.0680. The van der Waals surface area contributed by atoms with Crippen molar-refractivity contribution < 1.29 is 18.4 Å². The van der Waals surface area contributed by atoms with Crippen LogP contribution in [-0.2, 0) is 4.79 Å². The van der Waals surface area contributed by atoms with Crippen LogP contribution in [-0.4, -0.2) is 59.6 Å². The van der Waals surface area contributed by atoms with E-state index < -0.39 is 12.1 Å². The lowest BCUT2D eigenvalue weighted by Crippen LogP contribution is -2.27. The van der Waals surface area contributed by atoms with Gasteiger partial charge in [0.25, 0.3) is 5.91 Å². The maximum atomic E-state index is 13.3. The van der Waals surface area contributed by atoms with Crippen LogP contribution in [0.3, 0.4) is 0 Å². The maximum absolute atomic E-state index is 13.3. The summed E-state index contributed by atoms with van der Waals surface area (Å²) >= 11 is 0. The van der Waals surface area contributed by atoms with Crippen molar-refractivity contribution in [1.29, 1.82) is 0 Å². The normalized spacial score (nSPS) is 14.9. The summed E-state index contributed by atoms with van der Waals surface area (Å²) in [5.41, 5.74) is 5.26. The molecule has 30 heavy (non-hydrogen) atoms. The Labute approximate surface area is 172 Å². The third kappa shape index (κ3) is 6.05. The molecule has 1 unspecified atom stereocenters. The average Bonchev–Trinajstić information content (AvgIpc) is 3.40. The molecule has 1 saturated heterocycles. The van der Waals surface area contributed by atoms with E-state index in [1.165, 1.54) is 29.9 Å². The minimum Gasteiger partial charge on any atom is -0.352 e. The molecule has 160 valence electrons. The third-order valence-corrected chi connectivity index (χ3v) is 4.11. The summed E-state index contributed by atoms with van der Waals surface area (Å²) in [5.74, 6) is -0.00312. The number of alkyl halides is 1. The molecule has 0 spiro atoms. The fraction of sp³-hybridized carbons (Fsp3) is 0.300. The van der Waals surface area contributed by atoms with Crippen molar-refractivity contribution in [3.63, 3.8) is 0 Å². The fourth-order valence-corrected chi connectivity index (χ4v) is 2.75. The van der Waals surface area contributed by atoms with E-state index >= 15 is 0 Å². The van der Waals surface area contributed by atoms with E-state index in [4.69, 9.17) is 0 Å². The number of imidazole rings is 1. The van der Waals surface area contributed by atoms with E-state index in [9.17, 15) is 18.4 Å². The van der Waals surface area contributed by atoms with E-state index in [-0.39, 0.29) is 18.1 Å². The molecule has 10 heteroatoms. The standard InChI is InChI=1S/C13H14FN5O2.C6H5F.CH5N/c14-9-3-5-18(8-9)12-2-1-11-16-7-10(19(11)17-12)13(21)15-4-6-20;7-6-4-2-1-3-5-6;1-2/h1-2,6-7,9H,3-5,8H2,(H,15,21);1-5H;2H2,1H3. The van der Waals surface area contributed by atoms with E-state index in [1.54, 1.807) is 30.3 Å². The van der Waals surface area contributed by atoms with Crippen LogP contribution >= 0.6 is 0 Å². The van der Waals surface area contributed by atoms with Gasteiger partial charge >= 0.3 is 0 Å². The monoisotopic (exact) mass is 418 g/mol. The first-order valence-electron chi connectivity index (χ1n) is 9.32. The van der Waals surface area contributed by atoms with Crippen molar-refractivity contribution in [3.8, 4) is 0 Å². The van der Waals surface area contributed by atoms with Gasteiger partial charge < -0.3 is 20.7 Å². The molecule has 0 saturated carbocycles. The summed E-state index contributed by atoms with van der Waals surface area (Å²) in [6.07, 6.45) is 1.64. The Balaban J connectivity index is 0.000000299. The van der Waals surface area contributed by atoms with Crippen molar-refractivity contribution >= 4 is 23.7 Å². The van der Waals surface area contributed by atoms with Crippen molar-refractivity contribution in [2.45, 2.75) is 12.6 Å². The van der Waals surface area contributed by atoms with Gasteiger partial charge in [-0.25, -0.2) is 18.3 Å². The summed E-state index contributed by atoms with van der Waals surface area (Å²) in [7, 11) is 1.50. The smallest absolute Gasteiger partial charge is 0.271 e. The molecule has 2 aromatic heterocycles. The number of hydrogen-bond donors (Lipinski definition) is 2. The van der Waals surface area contributed by atoms with Gasteiger partial charge in [-0.05, 0) is 37.7 Å². The molecule has 4 rings (SSSR count). The highest BCUT2D eigenvalue weighted by atomic mass is 19.1. The number of rotatable bonds is 4. The Morgan fingerprint density at radius 1 is 1.27 bits per heavy atom. The van der Waals surface area contributed by atoms with Gasteiger partial charge in [-0.3, -0.25) is 4.79 Å². The van der Waals surface area contributed by atoms with Crippen LogP contribution < -0.4 is 16.0 Å². The average molecular weight is 418 g/mol. The molecular weight excluding hydrogens is 394 g/mol. The first-order valence-corrected chi connectivity index (χ1v) is 9.32. The molecule has 8 nitrogen and oxygen atoms in total. The molecule has 3 aromatic rings. The summed E-state index contributed by atoms with van der Waals surface area (Å²) in [6, 6.07) is 11.4. The number of nitrogens with two attached hydrogens (primary N) is 1. The lowest BCUT2D eigenvalue weighted by atomic mass is 10.3. The van der Waals surface area contributed by atoms with E-state index in [1.807, 2.05) is 4.90 Å². The molecule has 1 aromatic carbocycles. The van der Waals surface area contributed by atoms with E-state index in [2.05, 4.69) is 21.1 Å². The molecule has 3 heterocycles. The zero-order chi connectivity index (χ0) is 21.9. The molecule has 1 amide bonds. The van der Waals surface area contributed by atoms with Crippen molar-refractivity contribution in [1.82, 2.24) is 19.9 Å². The number of hydrogen-bond acceptors (Lipinski definition) is 6. The van der Waals surface area contributed by atoms with Gasteiger partial charge in [0.2, 0.25) is 0 Å². The number of nitrogens with zero attached hydrogens (tertiary/aromatic N) is 4. The van der Waals surface area contributed by atoms with Crippen molar-refractivity contribution in [2.75, 3.05) is 31.6 Å². The quantitative estimate of drug-likeness (QED) is 0.624. The molecule has 0 radical (unpaired) electrons. The third-order valence-electron chi connectivity index (χ3n) is 4.11. The van der Waals surface area contributed by atoms with Crippen LogP contribution in [0.1, 0.15) is 16.9 Å². The van der Waals surface area contributed by atoms with Gasteiger partial charge in [-0.15, -0.1) is 5.10 Å². The lowest BCUT2D eigenvalue weighted by Gasteiger charge is -2.16. The Bertz CT molecular complexity index is 951. The lowest BCUT2D eigenvalue weighted by molar-refractivity contribution is -0.107. The predicted octanol–water partition coefficient (Wildman–Crippen LogP) is 1.61. The minimum atomic E-state index is -0.847. The Kier molecular flexibility index (Phi) is 8.82. The van der Waals surface area contributed by atoms with E-state index in [0.29, 0.717) is 37.3 Å². The number of nitrogens with one attached hydrogen (secondary N) is 1. The van der Waals surface area contributed by atoms with Crippen LogP contribution in [0.2, 0.25) is 0 Å². The highest BCUT2D eigenvalue weighted by molar-refractivity contribution is 5.94. The SMILES string of the molecule is CN.Fc1ccccc1.O=CCNC(=O)c1cnc2ccc(N3CCC(F)C3)nn12. The van der Waals surface area contributed by atoms with Crippen LogP contribution in [0.15, 0.2) is 48.7 Å². The zero-order valence-corrected chi connectivity index (χ0v) is 16.5. The first-order chi connectivity index (χ1) is 14.6. The van der Waals surface area contributed by atoms with Gasteiger partial charge in [-0.1, -0.05) is 18.2 Å². The van der Waals surface area contributed by atoms with Crippen LogP contribution in [0.25, 0.3) is 5.65 Å². The Hall–Kier alpha value is -3.40. The van der Waals surface area contributed by atoms with Crippen LogP contribution in [0.4, 0.5) is 14.6 Å². The second-order valence-corrected chi connectivity index (χ2v) is 6.11. The summed E-state index contributed by atoms with van der Waals surface area (Å²) in [4.78, 5) is 28.1. The second kappa shape index (κ2) is 11.6. The number of carbonyl (C=O) groups is 2. The number of carbonyl (C=O) groups excluding carboxylic acids is 2. The van der Waals surface area contributed by atoms with Crippen LogP contribution in [0.5, 0.6) is 0 Å². The Morgan fingerprint density at radius 3 is 2.57 bits per heavy atom. The number of aldehydes is 1.